The van der Waals surface area contributed by atoms with Gasteiger partial charge in [0.25, 0.3) is 0 Å². The number of hydrogen-bond donors (Lipinski definition) is 2. The third-order valence-electron chi connectivity index (χ3n) is 3.21. The third kappa shape index (κ3) is 2.78. The van der Waals surface area contributed by atoms with Crippen molar-refractivity contribution in [2.75, 3.05) is 18.4 Å². The summed E-state index contributed by atoms with van der Waals surface area (Å²) in [5.74, 6) is 0. The molecule has 2 rings (SSSR count). The van der Waals surface area contributed by atoms with Crippen molar-refractivity contribution in [3.63, 3.8) is 0 Å². The summed E-state index contributed by atoms with van der Waals surface area (Å²) in [4.78, 5) is 14.4. The number of piperidine rings is 1. The van der Waals surface area contributed by atoms with E-state index in [-0.39, 0.29) is 11.2 Å². The number of nitrogens with zero attached hydrogens (tertiary/aromatic N) is 2. The van der Waals surface area contributed by atoms with E-state index in [1.165, 1.54) is 6.20 Å². The first-order chi connectivity index (χ1) is 8.52. The zero-order valence-corrected chi connectivity index (χ0v) is 11.7. The predicted octanol–water partition coefficient (Wildman–Crippen LogP) is 2.31. The number of nitrogens with one attached hydrogen (secondary N) is 2. The number of anilines is 1. The Bertz CT molecular complexity index is 460. The van der Waals surface area contributed by atoms with Crippen molar-refractivity contribution in [2.45, 2.75) is 25.3 Å². The van der Waals surface area contributed by atoms with E-state index in [4.69, 9.17) is 0 Å². The highest BCUT2D eigenvalue weighted by Crippen LogP contribution is 2.35. The fourth-order valence-corrected chi connectivity index (χ4v) is 2.51. The molecular weight excluding hydrogens is 300 g/mol. The van der Waals surface area contributed by atoms with Crippen LogP contribution in [-0.2, 0) is 0 Å². The molecule has 0 radical (unpaired) electrons. The van der Waals surface area contributed by atoms with Gasteiger partial charge in [-0.25, -0.2) is 0 Å². The Hall–Kier alpha value is -1.21. The van der Waals surface area contributed by atoms with Crippen LogP contribution in [0.5, 0.6) is 0 Å². The molecule has 2 heterocycles. The molecule has 1 aliphatic rings. The number of rotatable bonds is 3. The maximum absolute atomic E-state index is 11.0. The molecule has 2 N–H and O–H groups in total. The fourth-order valence-electron chi connectivity index (χ4n) is 2.09. The molecule has 0 saturated carbocycles. The molecule has 0 amide bonds. The molecule has 6 nitrogen and oxygen atoms in total. The summed E-state index contributed by atoms with van der Waals surface area (Å²) < 4.78 is 0.622. The summed E-state index contributed by atoms with van der Waals surface area (Å²) in [5, 5.41) is 17.6. The van der Waals surface area contributed by atoms with Crippen LogP contribution in [-0.4, -0.2) is 28.5 Å². The van der Waals surface area contributed by atoms with Crippen LogP contribution in [0.15, 0.2) is 16.9 Å². The molecule has 1 aliphatic heterocycles. The van der Waals surface area contributed by atoms with E-state index in [1.807, 2.05) is 0 Å². The molecule has 0 spiro atoms. The minimum Gasteiger partial charge on any atom is -0.373 e. The highest BCUT2D eigenvalue weighted by atomic mass is 79.9. The van der Waals surface area contributed by atoms with E-state index in [2.05, 4.69) is 38.5 Å². The number of pyridine rings is 1. The van der Waals surface area contributed by atoms with E-state index < -0.39 is 4.92 Å². The van der Waals surface area contributed by atoms with Crippen LogP contribution in [0.2, 0.25) is 0 Å². The van der Waals surface area contributed by atoms with Crippen molar-refractivity contribution >= 4 is 27.3 Å². The third-order valence-corrected chi connectivity index (χ3v) is 3.81. The van der Waals surface area contributed by atoms with E-state index >= 15 is 0 Å². The van der Waals surface area contributed by atoms with Crippen LogP contribution in [0.1, 0.15) is 19.8 Å². The van der Waals surface area contributed by atoms with Crippen molar-refractivity contribution in [1.29, 1.82) is 0 Å². The zero-order valence-electron chi connectivity index (χ0n) is 10.1. The van der Waals surface area contributed by atoms with Gasteiger partial charge in [0.05, 0.1) is 9.40 Å². The molecule has 0 atom stereocenters. The monoisotopic (exact) mass is 314 g/mol. The van der Waals surface area contributed by atoms with Gasteiger partial charge in [-0.15, -0.1) is 0 Å². The zero-order chi connectivity index (χ0) is 13.2. The van der Waals surface area contributed by atoms with Crippen molar-refractivity contribution in [2.24, 2.45) is 0 Å². The highest BCUT2D eigenvalue weighted by Gasteiger charge is 2.30. The van der Waals surface area contributed by atoms with E-state index in [9.17, 15) is 10.1 Å². The molecular formula is C11H15BrN4O2. The summed E-state index contributed by atoms with van der Waals surface area (Å²) in [7, 11) is 0. The normalized spacial score (nSPS) is 18.3. The molecule has 18 heavy (non-hydrogen) atoms. The molecule has 0 aliphatic carbocycles. The SMILES string of the molecule is CC1(Nc2c(Br)cncc2[N+](=O)[O-])CCNCC1. The van der Waals surface area contributed by atoms with Gasteiger partial charge >= 0.3 is 5.69 Å². The average Bonchev–Trinajstić information content (AvgIpc) is 2.32. The molecule has 0 unspecified atom stereocenters. The minimum atomic E-state index is -0.412. The Morgan fingerprint density at radius 3 is 2.78 bits per heavy atom. The van der Waals surface area contributed by atoms with Gasteiger partial charge in [-0.1, -0.05) is 0 Å². The first-order valence-electron chi connectivity index (χ1n) is 5.79. The highest BCUT2D eigenvalue weighted by molar-refractivity contribution is 9.10. The maximum Gasteiger partial charge on any atom is 0.311 e. The molecule has 7 heteroatoms. The van der Waals surface area contributed by atoms with Crippen LogP contribution in [0.3, 0.4) is 0 Å². The first kappa shape index (κ1) is 13.2. The second-order valence-corrected chi connectivity index (χ2v) is 5.56. The standard InChI is InChI=1S/C11H15BrN4O2/c1-11(2-4-13-5-3-11)15-10-8(12)6-14-7-9(10)16(17)18/h6-7,13H,2-5H2,1H3,(H,14,15). The summed E-state index contributed by atoms with van der Waals surface area (Å²) in [6, 6.07) is 0. The molecule has 98 valence electrons. The Morgan fingerprint density at radius 2 is 2.17 bits per heavy atom. The molecule has 1 fully saturated rings. The Balaban J connectivity index is 2.30. The maximum atomic E-state index is 11.0. The van der Waals surface area contributed by atoms with Crippen LogP contribution < -0.4 is 10.6 Å². The Kier molecular flexibility index (Phi) is 3.82. The van der Waals surface area contributed by atoms with Crippen molar-refractivity contribution in [3.05, 3.63) is 27.0 Å². The van der Waals surface area contributed by atoms with Crippen LogP contribution >= 0.6 is 15.9 Å². The number of nitro groups is 1. The molecule has 1 aromatic rings. The van der Waals surface area contributed by atoms with Gasteiger partial charge in [-0.05, 0) is 48.8 Å². The largest absolute Gasteiger partial charge is 0.373 e. The van der Waals surface area contributed by atoms with E-state index in [1.54, 1.807) is 6.20 Å². The summed E-state index contributed by atoms with van der Waals surface area (Å²) >= 11 is 3.32. The predicted molar refractivity (Wildman–Crippen MR) is 72.7 cm³/mol. The second-order valence-electron chi connectivity index (χ2n) is 4.71. The van der Waals surface area contributed by atoms with Gasteiger partial charge < -0.3 is 10.6 Å². The van der Waals surface area contributed by atoms with Gasteiger partial charge in [-0.2, -0.15) is 0 Å². The Labute approximate surface area is 113 Å². The van der Waals surface area contributed by atoms with Crippen LogP contribution in [0, 0.1) is 10.1 Å². The smallest absolute Gasteiger partial charge is 0.311 e. The Morgan fingerprint density at radius 1 is 1.50 bits per heavy atom. The van der Waals surface area contributed by atoms with Gasteiger partial charge in [0.15, 0.2) is 0 Å². The summed E-state index contributed by atoms with van der Waals surface area (Å²) in [6.45, 7) is 3.92. The van der Waals surface area contributed by atoms with Crippen molar-refractivity contribution < 1.29 is 4.92 Å². The van der Waals surface area contributed by atoms with Gasteiger partial charge in [0, 0.05) is 11.7 Å². The van der Waals surface area contributed by atoms with Gasteiger partial charge in [0.2, 0.25) is 0 Å². The average molecular weight is 315 g/mol. The van der Waals surface area contributed by atoms with Gasteiger partial charge in [0.1, 0.15) is 11.9 Å². The molecule has 0 aromatic carbocycles. The quantitative estimate of drug-likeness (QED) is 0.661. The topological polar surface area (TPSA) is 80.1 Å². The number of halogens is 1. The lowest BCUT2D eigenvalue weighted by molar-refractivity contribution is -0.384. The number of hydrogen-bond acceptors (Lipinski definition) is 5. The lowest BCUT2D eigenvalue weighted by Crippen LogP contribution is -2.45. The molecule has 1 saturated heterocycles. The first-order valence-corrected chi connectivity index (χ1v) is 6.58. The minimum absolute atomic E-state index is 0.00383. The lowest BCUT2D eigenvalue weighted by atomic mass is 9.90. The van der Waals surface area contributed by atoms with Crippen LogP contribution in [0.4, 0.5) is 11.4 Å². The lowest BCUT2D eigenvalue weighted by Gasteiger charge is -2.35. The van der Waals surface area contributed by atoms with Gasteiger partial charge in [-0.3, -0.25) is 15.1 Å². The fraction of sp³-hybridized carbons (Fsp3) is 0.545. The van der Waals surface area contributed by atoms with E-state index in [0.29, 0.717) is 10.2 Å². The molecule has 1 aromatic heterocycles. The summed E-state index contributed by atoms with van der Waals surface area (Å²) in [5.41, 5.74) is 0.392. The van der Waals surface area contributed by atoms with Crippen molar-refractivity contribution in [1.82, 2.24) is 10.3 Å². The van der Waals surface area contributed by atoms with E-state index in [0.717, 1.165) is 25.9 Å². The second kappa shape index (κ2) is 5.19. The van der Waals surface area contributed by atoms with Crippen LogP contribution in [0.25, 0.3) is 0 Å². The summed E-state index contributed by atoms with van der Waals surface area (Å²) in [6.07, 6.45) is 4.70. The molecule has 0 bridgehead atoms. The van der Waals surface area contributed by atoms with Crippen molar-refractivity contribution in [3.8, 4) is 0 Å². The number of aromatic nitrogens is 1.